The quantitative estimate of drug-likeness (QED) is 0.646. The number of tetrazole rings is 1. The SMILES string of the molecule is CC1(C)S[C@@H]2C(NC(=O)C(N)c3ccsc3)C(=O)N2C1c1nn[nH]n1. The van der Waals surface area contributed by atoms with Gasteiger partial charge in [-0.25, -0.2) is 0 Å². The fourth-order valence-electron chi connectivity index (χ4n) is 3.30. The number of thiophene rings is 1. The summed E-state index contributed by atoms with van der Waals surface area (Å²) in [6.45, 7) is 4.06. The molecule has 4 rings (SSSR count). The van der Waals surface area contributed by atoms with Crippen molar-refractivity contribution in [3.05, 3.63) is 28.2 Å². The van der Waals surface area contributed by atoms with E-state index in [4.69, 9.17) is 5.73 Å². The Morgan fingerprint density at radius 1 is 1.52 bits per heavy atom. The van der Waals surface area contributed by atoms with Gasteiger partial charge in [0.05, 0.1) is 0 Å². The Hall–Kier alpha value is -1.98. The summed E-state index contributed by atoms with van der Waals surface area (Å²) in [4.78, 5) is 26.8. The highest BCUT2D eigenvalue weighted by Gasteiger charge is 2.63. The lowest BCUT2D eigenvalue weighted by molar-refractivity contribution is -0.152. The topological polar surface area (TPSA) is 130 Å². The van der Waals surface area contributed by atoms with E-state index in [1.807, 2.05) is 30.7 Å². The van der Waals surface area contributed by atoms with Crippen LogP contribution in [-0.2, 0) is 9.59 Å². The van der Waals surface area contributed by atoms with Crippen molar-refractivity contribution in [1.82, 2.24) is 30.8 Å². The molecule has 25 heavy (non-hydrogen) atoms. The molecule has 4 atom stereocenters. The van der Waals surface area contributed by atoms with Crippen LogP contribution in [0, 0.1) is 0 Å². The Kier molecular flexibility index (Phi) is 3.81. The first-order chi connectivity index (χ1) is 11.9. The number of fused-ring (bicyclic) bond motifs is 1. The number of carbonyl (C=O) groups excluding carboxylic acids is 2. The van der Waals surface area contributed by atoms with E-state index < -0.39 is 12.1 Å². The first kappa shape index (κ1) is 16.5. The summed E-state index contributed by atoms with van der Waals surface area (Å²) in [7, 11) is 0. The number of amides is 2. The molecule has 0 aromatic carbocycles. The van der Waals surface area contributed by atoms with Crippen LogP contribution in [0.4, 0.5) is 0 Å². The van der Waals surface area contributed by atoms with Gasteiger partial charge in [0.25, 0.3) is 0 Å². The number of nitrogens with two attached hydrogens (primary N) is 1. The van der Waals surface area contributed by atoms with E-state index in [0.717, 1.165) is 5.56 Å². The maximum Gasteiger partial charge on any atom is 0.249 e. The molecule has 11 heteroatoms. The van der Waals surface area contributed by atoms with Crippen LogP contribution < -0.4 is 11.1 Å². The lowest BCUT2D eigenvalue weighted by Gasteiger charge is -2.44. The van der Waals surface area contributed by atoms with E-state index in [-0.39, 0.29) is 28.0 Å². The lowest BCUT2D eigenvalue weighted by atomic mass is 9.95. The van der Waals surface area contributed by atoms with Gasteiger partial charge in [0.2, 0.25) is 11.8 Å². The van der Waals surface area contributed by atoms with Gasteiger partial charge in [-0.05, 0) is 36.2 Å². The Morgan fingerprint density at radius 2 is 2.32 bits per heavy atom. The summed E-state index contributed by atoms with van der Waals surface area (Å²) in [5.74, 6) is -0.0188. The number of carbonyl (C=O) groups is 2. The van der Waals surface area contributed by atoms with Crippen LogP contribution in [-0.4, -0.2) is 53.5 Å². The van der Waals surface area contributed by atoms with E-state index in [1.165, 1.54) is 11.3 Å². The molecule has 0 saturated carbocycles. The number of hydrogen-bond donors (Lipinski definition) is 3. The highest BCUT2D eigenvalue weighted by Crippen LogP contribution is 2.56. The minimum absolute atomic E-state index is 0.149. The van der Waals surface area contributed by atoms with Crippen molar-refractivity contribution in [2.45, 2.75) is 42.1 Å². The predicted octanol–water partition coefficient (Wildman–Crippen LogP) is 0.181. The van der Waals surface area contributed by atoms with E-state index >= 15 is 0 Å². The van der Waals surface area contributed by atoms with Crippen LogP contribution in [0.2, 0.25) is 0 Å². The van der Waals surface area contributed by atoms with Crippen molar-refractivity contribution < 1.29 is 9.59 Å². The molecule has 2 fully saturated rings. The second-order valence-corrected chi connectivity index (χ2v) is 9.10. The Balaban J connectivity index is 1.50. The van der Waals surface area contributed by atoms with Gasteiger partial charge in [-0.1, -0.05) is 5.21 Å². The number of aromatic amines is 1. The molecule has 0 bridgehead atoms. The standard InChI is InChI=1S/C14H17N7O2S2/c1-14(2)9(10-17-19-20-18-10)21-12(23)8(13(21)25-14)16-11(22)7(15)6-3-4-24-5-6/h3-5,7-9,13H,15H2,1-2H3,(H,16,22)(H,17,18,19,20)/t7?,8?,9?,13-/m1/s1. The van der Waals surface area contributed by atoms with Crippen molar-refractivity contribution in [2.24, 2.45) is 5.73 Å². The summed E-state index contributed by atoms with van der Waals surface area (Å²) < 4.78 is -0.293. The Labute approximate surface area is 151 Å². The zero-order chi connectivity index (χ0) is 17.8. The van der Waals surface area contributed by atoms with E-state index in [9.17, 15) is 9.59 Å². The summed E-state index contributed by atoms with van der Waals surface area (Å²) in [6.07, 6.45) is 0. The zero-order valence-corrected chi connectivity index (χ0v) is 15.2. The third-order valence-electron chi connectivity index (χ3n) is 4.53. The van der Waals surface area contributed by atoms with Crippen LogP contribution >= 0.6 is 23.1 Å². The minimum atomic E-state index is -0.777. The fourth-order valence-corrected chi connectivity index (χ4v) is 5.62. The van der Waals surface area contributed by atoms with Gasteiger partial charge in [-0.15, -0.1) is 22.0 Å². The van der Waals surface area contributed by atoms with Gasteiger partial charge in [-0.2, -0.15) is 16.6 Å². The van der Waals surface area contributed by atoms with Crippen LogP contribution in [0.5, 0.6) is 0 Å². The monoisotopic (exact) mass is 379 g/mol. The minimum Gasteiger partial charge on any atom is -0.340 e. The number of β-lactam (4-membered cyclic amide) rings is 1. The molecular weight excluding hydrogens is 362 g/mol. The molecule has 3 unspecified atom stereocenters. The zero-order valence-electron chi connectivity index (χ0n) is 13.5. The van der Waals surface area contributed by atoms with Gasteiger partial charge in [0.1, 0.15) is 23.5 Å². The maximum atomic E-state index is 12.7. The van der Waals surface area contributed by atoms with Crippen LogP contribution in [0.1, 0.15) is 37.3 Å². The summed E-state index contributed by atoms with van der Waals surface area (Å²) in [6, 6.07) is 0.162. The molecule has 132 valence electrons. The Bertz CT molecular complexity index is 792. The first-order valence-electron chi connectivity index (χ1n) is 7.71. The summed E-state index contributed by atoms with van der Waals surface area (Å²) >= 11 is 3.09. The van der Waals surface area contributed by atoms with Crippen molar-refractivity contribution in [1.29, 1.82) is 0 Å². The maximum absolute atomic E-state index is 12.7. The van der Waals surface area contributed by atoms with Crippen molar-refractivity contribution in [3.8, 4) is 0 Å². The van der Waals surface area contributed by atoms with E-state index in [2.05, 4.69) is 25.9 Å². The molecule has 2 aliphatic heterocycles. The van der Waals surface area contributed by atoms with Crippen molar-refractivity contribution in [3.63, 3.8) is 0 Å². The van der Waals surface area contributed by atoms with E-state index in [0.29, 0.717) is 5.82 Å². The number of aromatic nitrogens is 4. The third-order valence-corrected chi connectivity index (χ3v) is 6.80. The average Bonchev–Trinajstić information content (AvgIpc) is 3.30. The number of nitrogens with one attached hydrogen (secondary N) is 2. The highest BCUT2D eigenvalue weighted by atomic mass is 32.2. The number of thioether (sulfide) groups is 1. The van der Waals surface area contributed by atoms with Gasteiger partial charge in [0.15, 0.2) is 5.82 Å². The largest absolute Gasteiger partial charge is 0.340 e. The number of hydrogen-bond acceptors (Lipinski definition) is 8. The average molecular weight is 379 g/mol. The molecule has 4 N–H and O–H groups in total. The van der Waals surface area contributed by atoms with Gasteiger partial charge < -0.3 is 16.0 Å². The summed E-state index contributed by atoms with van der Waals surface area (Å²) in [5.41, 5.74) is 6.73. The van der Waals surface area contributed by atoms with Crippen molar-refractivity contribution >= 4 is 34.9 Å². The molecule has 9 nitrogen and oxygen atoms in total. The predicted molar refractivity (Wildman–Crippen MR) is 92.4 cm³/mol. The summed E-state index contributed by atoms with van der Waals surface area (Å²) in [5, 5.41) is 20.4. The van der Waals surface area contributed by atoms with Crippen molar-refractivity contribution in [2.75, 3.05) is 0 Å². The molecule has 2 amide bonds. The van der Waals surface area contributed by atoms with E-state index in [1.54, 1.807) is 16.7 Å². The molecular formula is C14H17N7O2S2. The van der Waals surface area contributed by atoms with Gasteiger partial charge >= 0.3 is 0 Å². The molecule has 0 spiro atoms. The van der Waals surface area contributed by atoms with Crippen LogP contribution in [0.15, 0.2) is 16.8 Å². The van der Waals surface area contributed by atoms with Crippen LogP contribution in [0.25, 0.3) is 0 Å². The molecule has 2 saturated heterocycles. The normalized spacial score (nSPS) is 28.4. The smallest absolute Gasteiger partial charge is 0.249 e. The number of rotatable bonds is 4. The lowest BCUT2D eigenvalue weighted by Crippen LogP contribution is -2.68. The molecule has 2 aromatic heterocycles. The number of nitrogens with zero attached hydrogens (tertiary/aromatic N) is 4. The van der Waals surface area contributed by atoms with Crippen LogP contribution in [0.3, 0.4) is 0 Å². The van der Waals surface area contributed by atoms with Gasteiger partial charge in [-0.3, -0.25) is 9.59 Å². The molecule has 0 radical (unpaired) electrons. The second kappa shape index (κ2) is 5.78. The molecule has 4 heterocycles. The molecule has 2 aliphatic rings. The van der Waals surface area contributed by atoms with Gasteiger partial charge in [0, 0.05) is 4.75 Å². The molecule has 0 aliphatic carbocycles. The fraction of sp³-hybridized carbons (Fsp3) is 0.500. The highest BCUT2D eigenvalue weighted by molar-refractivity contribution is 8.01. The third kappa shape index (κ3) is 2.53. The molecule has 2 aromatic rings. The first-order valence-corrected chi connectivity index (χ1v) is 9.54. The second-order valence-electron chi connectivity index (χ2n) is 6.55. The Morgan fingerprint density at radius 3 is 2.96 bits per heavy atom. The number of H-pyrrole nitrogens is 1.